The number of anilines is 1. The Hall–Kier alpha value is -0.800. The number of rotatable bonds is 2. The fourth-order valence-electron chi connectivity index (χ4n) is 0.669. The van der Waals surface area contributed by atoms with Gasteiger partial charge in [0.15, 0.2) is 0 Å². The zero-order valence-corrected chi connectivity index (χ0v) is 7.89. The lowest BCUT2D eigenvalue weighted by atomic mass is 10.4. The normalized spacial score (nSPS) is 10.6. The van der Waals surface area contributed by atoms with Crippen molar-refractivity contribution >= 4 is 35.1 Å². The average Bonchev–Trinajstić information content (AvgIpc) is 1.99. The SMILES string of the molecule is C/C=N/Nc1cc(Cl)nc(Cl)c1. The summed E-state index contributed by atoms with van der Waals surface area (Å²) < 4.78 is 0. The van der Waals surface area contributed by atoms with Gasteiger partial charge in [0, 0.05) is 18.3 Å². The lowest BCUT2D eigenvalue weighted by molar-refractivity contribution is 1.28. The number of aromatic nitrogens is 1. The van der Waals surface area contributed by atoms with Crippen LogP contribution in [-0.4, -0.2) is 11.2 Å². The Morgan fingerprint density at radius 2 is 2.00 bits per heavy atom. The molecule has 0 unspecified atom stereocenters. The molecule has 12 heavy (non-hydrogen) atoms. The van der Waals surface area contributed by atoms with Crippen molar-refractivity contribution in [3.63, 3.8) is 0 Å². The zero-order chi connectivity index (χ0) is 8.97. The second-order valence-electron chi connectivity index (χ2n) is 2.00. The number of pyridine rings is 1. The summed E-state index contributed by atoms with van der Waals surface area (Å²) in [5, 5.41) is 4.49. The maximum absolute atomic E-state index is 5.64. The second-order valence-corrected chi connectivity index (χ2v) is 2.77. The van der Waals surface area contributed by atoms with E-state index in [9.17, 15) is 0 Å². The topological polar surface area (TPSA) is 37.3 Å². The summed E-state index contributed by atoms with van der Waals surface area (Å²) >= 11 is 11.3. The van der Waals surface area contributed by atoms with E-state index in [1.54, 1.807) is 25.3 Å². The van der Waals surface area contributed by atoms with E-state index >= 15 is 0 Å². The van der Waals surface area contributed by atoms with Gasteiger partial charge in [-0.2, -0.15) is 5.10 Å². The standard InChI is InChI=1S/C7H7Cl2N3/c1-2-10-12-5-3-6(8)11-7(9)4-5/h2-4H,1H3,(H,11,12)/b10-2+. The van der Waals surface area contributed by atoms with Crippen LogP contribution in [0.2, 0.25) is 10.3 Å². The van der Waals surface area contributed by atoms with Crippen molar-refractivity contribution in [2.24, 2.45) is 5.10 Å². The summed E-state index contributed by atoms with van der Waals surface area (Å²) in [5.74, 6) is 0. The zero-order valence-electron chi connectivity index (χ0n) is 6.38. The summed E-state index contributed by atoms with van der Waals surface area (Å²) in [5.41, 5.74) is 3.46. The number of hydrazone groups is 1. The van der Waals surface area contributed by atoms with Gasteiger partial charge in [-0.25, -0.2) is 4.98 Å². The number of halogens is 2. The van der Waals surface area contributed by atoms with Crippen molar-refractivity contribution in [1.29, 1.82) is 0 Å². The Balaban J connectivity index is 2.85. The van der Waals surface area contributed by atoms with E-state index in [0.717, 1.165) is 5.69 Å². The summed E-state index contributed by atoms with van der Waals surface area (Å²) in [7, 11) is 0. The number of hydrogen-bond donors (Lipinski definition) is 1. The van der Waals surface area contributed by atoms with Crippen molar-refractivity contribution in [3.8, 4) is 0 Å². The first-order valence-electron chi connectivity index (χ1n) is 3.29. The third-order valence-corrected chi connectivity index (χ3v) is 1.47. The molecule has 0 radical (unpaired) electrons. The summed E-state index contributed by atoms with van der Waals surface area (Å²) in [6, 6.07) is 3.28. The maximum Gasteiger partial charge on any atom is 0.132 e. The minimum absolute atomic E-state index is 0.344. The molecule has 0 atom stereocenters. The Kier molecular flexibility index (Phi) is 3.31. The predicted molar refractivity (Wildman–Crippen MR) is 52.0 cm³/mol. The minimum Gasteiger partial charge on any atom is -0.279 e. The van der Waals surface area contributed by atoms with E-state index in [-0.39, 0.29) is 0 Å². The first kappa shape index (κ1) is 9.29. The molecule has 0 aliphatic rings. The molecule has 1 aromatic rings. The van der Waals surface area contributed by atoms with Crippen LogP contribution >= 0.6 is 23.2 Å². The van der Waals surface area contributed by atoms with Crippen LogP contribution < -0.4 is 5.43 Å². The highest BCUT2D eigenvalue weighted by atomic mass is 35.5. The molecular weight excluding hydrogens is 197 g/mol. The van der Waals surface area contributed by atoms with Gasteiger partial charge in [-0.1, -0.05) is 23.2 Å². The summed E-state index contributed by atoms with van der Waals surface area (Å²) in [6.07, 6.45) is 1.63. The Labute approximate surface area is 80.4 Å². The fourth-order valence-corrected chi connectivity index (χ4v) is 1.13. The van der Waals surface area contributed by atoms with Crippen LogP contribution in [0.25, 0.3) is 0 Å². The first-order valence-corrected chi connectivity index (χ1v) is 4.04. The monoisotopic (exact) mass is 203 g/mol. The van der Waals surface area contributed by atoms with E-state index in [2.05, 4.69) is 15.5 Å². The minimum atomic E-state index is 0.344. The van der Waals surface area contributed by atoms with Gasteiger partial charge in [-0.3, -0.25) is 5.43 Å². The average molecular weight is 204 g/mol. The van der Waals surface area contributed by atoms with Crippen LogP contribution in [0.4, 0.5) is 5.69 Å². The Morgan fingerprint density at radius 3 is 2.50 bits per heavy atom. The molecule has 0 aromatic carbocycles. The maximum atomic E-state index is 5.64. The van der Waals surface area contributed by atoms with Gasteiger partial charge in [0.05, 0.1) is 5.69 Å². The fraction of sp³-hybridized carbons (Fsp3) is 0.143. The third kappa shape index (κ3) is 2.68. The molecule has 1 rings (SSSR count). The van der Waals surface area contributed by atoms with Crippen LogP contribution in [0.15, 0.2) is 17.2 Å². The van der Waals surface area contributed by atoms with Crippen molar-refractivity contribution in [3.05, 3.63) is 22.4 Å². The third-order valence-electron chi connectivity index (χ3n) is 1.09. The van der Waals surface area contributed by atoms with Crippen LogP contribution in [0.3, 0.4) is 0 Å². The molecule has 5 heteroatoms. The van der Waals surface area contributed by atoms with Crippen LogP contribution in [0, 0.1) is 0 Å². The van der Waals surface area contributed by atoms with E-state index in [4.69, 9.17) is 23.2 Å². The van der Waals surface area contributed by atoms with Crippen molar-refractivity contribution in [2.75, 3.05) is 5.43 Å². The van der Waals surface area contributed by atoms with Crippen molar-refractivity contribution in [2.45, 2.75) is 6.92 Å². The molecule has 1 heterocycles. The number of nitrogens with zero attached hydrogens (tertiary/aromatic N) is 2. The molecule has 0 saturated heterocycles. The lowest BCUT2D eigenvalue weighted by Gasteiger charge is -1.99. The second kappa shape index (κ2) is 4.28. The largest absolute Gasteiger partial charge is 0.279 e. The highest BCUT2D eigenvalue weighted by Crippen LogP contribution is 2.18. The summed E-state index contributed by atoms with van der Waals surface area (Å²) in [6.45, 7) is 1.80. The van der Waals surface area contributed by atoms with E-state index in [1.807, 2.05) is 0 Å². The molecule has 0 bridgehead atoms. The Bertz CT molecular complexity index is 278. The van der Waals surface area contributed by atoms with E-state index < -0.39 is 0 Å². The first-order chi connectivity index (χ1) is 5.72. The van der Waals surface area contributed by atoms with Crippen LogP contribution in [0.5, 0.6) is 0 Å². The van der Waals surface area contributed by atoms with Crippen molar-refractivity contribution in [1.82, 2.24) is 4.98 Å². The molecular formula is C7H7Cl2N3. The van der Waals surface area contributed by atoms with Gasteiger partial charge in [0.1, 0.15) is 10.3 Å². The summed E-state index contributed by atoms with van der Waals surface area (Å²) in [4.78, 5) is 3.78. The lowest BCUT2D eigenvalue weighted by Crippen LogP contribution is -1.89. The van der Waals surface area contributed by atoms with Crippen LogP contribution in [0.1, 0.15) is 6.92 Å². The number of nitrogens with one attached hydrogen (secondary N) is 1. The predicted octanol–water partition coefficient (Wildman–Crippen LogP) is 2.81. The smallest absolute Gasteiger partial charge is 0.132 e. The highest BCUT2D eigenvalue weighted by Gasteiger charge is 1.96. The quantitative estimate of drug-likeness (QED) is 0.456. The molecule has 0 spiro atoms. The molecule has 0 aliphatic carbocycles. The van der Waals surface area contributed by atoms with Gasteiger partial charge >= 0.3 is 0 Å². The van der Waals surface area contributed by atoms with Crippen molar-refractivity contribution < 1.29 is 0 Å². The molecule has 1 aromatic heterocycles. The Morgan fingerprint density at radius 1 is 1.42 bits per heavy atom. The molecule has 0 fully saturated rings. The number of hydrogen-bond acceptors (Lipinski definition) is 3. The van der Waals surface area contributed by atoms with Crippen LogP contribution in [-0.2, 0) is 0 Å². The molecule has 0 amide bonds. The van der Waals surface area contributed by atoms with E-state index in [0.29, 0.717) is 10.3 Å². The van der Waals surface area contributed by atoms with E-state index in [1.165, 1.54) is 0 Å². The molecule has 0 aliphatic heterocycles. The van der Waals surface area contributed by atoms with Gasteiger partial charge in [-0.15, -0.1) is 0 Å². The van der Waals surface area contributed by atoms with Gasteiger partial charge < -0.3 is 0 Å². The van der Waals surface area contributed by atoms with Gasteiger partial charge in [0.25, 0.3) is 0 Å². The molecule has 0 saturated carbocycles. The molecule has 3 nitrogen and oxygen atoms in total. The van der Waals surface area contributed by atoms with Gasteiger partial charge in [0.2, 0.25) is 0 Å². The van der Waals surface area contributed by atoms with Gasteiger partial charge in [-0.05, 0) is 6.92 Å². The molecule has 64 valence electrons. The molecule has 1 N–H and O–H groups in total. The highest BCUT2D eigenvalue weighted by molar-refractivity contribution is 6.32.